The van der Waals surface area contributed by atoms with Gasteiger partial charge in [-0.1, -0.05) is 12.1 Å². The lowest BCUT2D eigenvalue weighted by atomic mass is 10.1. The summed E-state index contributed by atoms with van der Waals surface area (Å²) < 4.78 is 5.58. The first-order valence-corrected chi connectivity index (χ1v) is 5.76. The van der Waals surface area contributed by atoms with Gasteiger partial charge in [-0.15, -0.1) is 0 Å². The Kier molecular flexibility index (Phi) is 5.29. The van der Waals surface area contributed by atoms with Gasteiger partial charge >= 0.3 is 0 Å². The highest BCUT2D eigenvalue weighted by Crippen LogP contribution is 2.21. The molecule has 2 N–H and O–H groups in total. The van der Waals surface area contributed by atoms with Crippen LogP contribution in [0, 0.1) is 0 Å². The standard InChI is InChI=1S/C13H22N2O/c1-4-16-13-6-5-11(10-15(2)3)9-12(13)7-8-14/h5-6,9H,4,7-8,10,14H2,1-3H3. The van der Waals surface area contributed by atoms with Crippen LogP contribution in [0.3, 0.4) is 0 Å². The van der Waals surface area contributed by atoms with E-state index in [1.807, 2.05) is 13.0 Å². The third kappa shape index (κ3) is 3.83. The van der Waals surface area contributed by atoms with Gasteiger partial charge in [-0.2, -0.15) is 0 Å². The molecule has 0 saturated heterocycles. The first kappa shape index (κ1) is 13.0. The lowest BCUT2D eigenvalue weighted by Crippen LogP contribution is -2.12. The number of rotatable bonds is 6. The van der Waals surface area contributed by atoms with E-state index in [4.69, 9.17) is 10.5 Å². The Bertz CT molecular complexity index is 324. The van der Waals surface area contributed by atoms with Gasteiger partial charge in [0.15, 0.2) is 0 Å². The summed E-state index contributed by atoms with van der Waals surface area (Å²) >= 11 is 0. The fourth-order valence-electron chi connectivity index (χ4n) is 1.74. The predicted molar refractivity (Wildman–Crippen MR) is 67.8 cm³/mol. The van der Waals surface area contributed by atoms with Gasteiger partial charge in [0, 0.05) is 6.54 Å². The van der Waals surface area contributed by atoms with Gasteiger partial charge < -0.3 is 15.4 Å². The zero-order valence-electron chi connectivity index (χ0n) is 10.5. The van der Waals surface area contributed by atoms with Crippen molar-refractivity contribution in [2.24, 2.45) is 5.73 Å². The third-order valence-corrected chi connectivity index (χ3v) is 2.34. The van der Waals surface area contributed by atoms with Crippen LogP contribution in [-0.4, -0.2) is 32.1 Å². The van der Waals surface area contributed by atoms with E-state index in [0.717, 1.165) is 18.7 Å². The van der Waals surface area contributed by atoms with Crippen LogP contribution in [0.4, 0.5) is 0 Å². The summed E-state index contributed by atoms with van der Waals surface area (Å²) in [5.41, 5.74) is 8.13. The molecule has 1 aromatic carbocycles. The van der Waals surface area contributed by atoms with Crippen LogP contribution >= 0.6 is 0 Å². The number of hydrogen-bond donors (Lipinski definition) is 1. The molecule has 0 heterocycles. The van der Waals surface area contributed by atoms with Crippen LogP contribution in [0.25, 0.3) is 0 Å². The summed E-state index contributed by atoms with van der Waals surface area (Å²) in [4.78, 5) is 2.15. The summed E-state index contributed by atoms with van der Waals surface area (Å²) in [6, 6.07) is 6.36. The first-order chi connectivity index (χ1) is 7.67. The number of benzene rings is 1. The molecule has 0 saturated carbocycles. The van der Waals surface area contributed by atoms with Gasteiger partial charge in [0.1, 0.15) is 5.75 Å². The molecule has 3 heteroatoms. The Labute approximate surface area is 98.2 Å². The van der Waals surface area contributed by atoms with Crippen molar-refractivity contribution >= 4 is 0 Å². The summed E-state index contributed by atoms with van der Waals surface area (Å²) in [6.07, 6.45) is 0.872. The second-order valence-corrected chi connectivity index (χ2v) is 4.15. The smallest absolute Gasteiger partial charge is 0.122 e. The molecule has 0 unspecified atom stereocenters. The molecule has 1 rings (SSSR count). The van der Waals surface area contributed by atoms with Crippen molar-refractivity contribution in [2.45, 2.75) is 19.9 Å². The Morgan fingerprint density at radius 1 is 1.31 bits per heavy atom. The molecule has 16 heavy (non-hydrogen) atoms. The largest absolute Gasteiger partial charge is 0.494 e. The molecule has 0 aliphatic rings. The lowest BCUT2D eigenvalue weighted by molar-refractivity contribution is 0.336. The van der Waals surface area contributed by atoms with Crippen LogP contribution in [-0.2, 0) is 13.0 Å². The average molecular weight is 222 g/mol. The molecule has 0 fully saturated rings. The molecule has 0 bridgehead atoms. The maximum atomic E-state index is 5.61. The van der Waals surface area contributed by atoms with Crippen LogP contribution in [0.2, 0.25) is 0 Å². The molecule has 0 radical (unpaired) electrons. The van der Waals surface area contributed by atoms with E-state index in [9.17, 15) is 0 Å². The maximum absolute atomic E-state index is 5.61. The van der Waals surface area contributed by atoms with Crippen LogP contribution < -0.4 is 10.5 Å². The molecular weight excluding hydrogens is 200 g/mol. The summed E-state index contributed by atoms with van der Waals surface area (Å²) in [5.74, 6) is 0.968. The zero-order valence-corrected chi connectivity index (χ0v) is 10.5. The minimum Gasteiger partial charge on any atom is -0.494 e. The van der Waals surface area contributed by atoms with Crippen molar-refractivity contribution in [2.75, 3.05) is 27.2 Å². The lowest BCUT2D eigenvalue weighted by Gasteiger charge is -2.14. The number of nitrogens with zero attached hydrogens (tertiary/aromatic N) is 1. The van der Waals surface area contributed by atoms with Crippen molar-refractivity contribution < 1.29 is 4.74 Å². The summed E-state index contributed by atoms with van der Waals surface area (Å²) in [6.45, 7) is 4.31. The second kappa shape index (κ2) is 6.51. The molecule has 0 amide bonds. The molecule has 0 aliphatic carbocycles. The van der Waals surface area contributed by atoms with Gasteiger partial charge in [0.05, 0.1) is 6.61 Å². The summed E-state index contributed by atoms with van der Waals surface area (Å²) in [7, 11) is 4.14. The topological polar surface area (TPSA) is 38.5 Å². The Hall–Kier alpha value is -1.06. The van der Waals surface area contributed by atoms with Crippen molar-refractivity contribution in [3.05, 3.63) is 29.3 Å². The van der Waals surface area contributed by atoms with Crippen LogP contribution in [0.15, 0.2) is 18.2 Å². The monoisotopic (exact) mass is 222 g/mol. The van der Waals surface area contributed by atoms with E-state index in [2.05, 4.69) is 31.1 Å². The number of hydrogen-bond acceptors (Lipinski definition) is 3. The fourth-order valence-corrected chi connectivity index (χ4v) is 1.74. The highest BCUT2D eigenvalue weighted by Gasteiger charge is 2.05. The molecule has 0 spiro atoms. The molecule has 3 nitrogen and oxygen atoms in total. The highest BCUT2D eigenvalue weighted by atomic mass is 16.5. The summed E-state index contributed by atoms with van der Waals surface area (Å²) in [5, 5.41) is 0. The maximum Gasteiger partial charge on any atom is 0.122 e. The van der Waals surface area contributed by atoms with Gasteiger partial charge in [-0.05, 0) is 51.2 Å². The Morgan fingerprint density at radius 3 is 2.62 bits per heavy atom. The van der Waals surface area contributed by atoms with E-state index in [-0.39, 0.29) is 0 Å². The van der Waals surface area contributed by atoms with Crippen molar-refractivity contribution in [1.29, 1.82) is 0 Å². The van der Waals surface area contributed by atoms with Crippen molar-refractivity contribution in [1.82, 2.24) is 4.90 Å². The molecule has 1 aromatic rings. The van der Waals surface area contributed by atoms with E-state index < -0.39 is 0 Å². The van der Waals surface area contributed by atoms with E-state index >= 15 is 0 Å². The highest BCUT2D eigenvalue weighted by molar-refractivity contribution is 5.37. The average Bonchev–Trinajstić information content (AvgIpc) is 2.21. The van der Waals surface area contributed by atoms with Gasteiger partial charge in [0.2, 0.25) is 0 Å². The minimum absolute atomic E-state index is 0.658. The normalized spacial score (nSPS) is 10.8. The van der Waals surface area contributed by atoms with E-state index in [0.29, 0.717) is 13.2 Å². The quantitative estimate of drug-likeness (QED) is 0.795. The van der Waals surface area contributed by atoms with Crippen LogP contribution in [0.5, 0.6) is 5.75 Å². The van der Waals surface area contributed by atoms with E-state index in [1.54, 1.807) is 0 Å². The zero-order chi connectivity index (χ0) is 12.0. The number of nitrogens with two attached hydrogens (primary N) is 1. The molecule has 0 aliphatic heterocycles. The first-order valence-electron chi connectivity index (χ1n) is 5.76. The molecule has 0 aromatic heterocycles. The van der Waals surface area contributed by atoms with Crippen molar-refractivity contribution in [3.8, 4) is 5.75 Å². The predicted octanol–water partition coefficient (Wildman–Crippen LogP) is 1.65. The van der Waals surface area contributed by atoms with E-state index in [1.165, 1.54) is 11.1 Å². The minimum atomic E-state index is 0.658. The van der Waals surface area contributed by atoms with Crippen molar-refractivity contribution in [3.63, 3.8) is 0 Å². The SMILES string of the molecule is CCOc1ccc(CN(C)C)cc1CCN. The van der Waals surface area contributed by atoms with Gasteiger partial charge in [-0.25, -0.2) is 0 Å². The van der Waals surface area contributed by atoms with Crippen LogP contribution in [0.1, 0.15) is 18.1 Å². The Balaban J connectivity index is 2.87. The Morgan fingerprint density at radius 2 is 2.06 bits per heavy atom. The van der Waals surface area contributed by atoms with Gasteiger partial charge in [0.25, 0.3) is 0 Å². The fraction of sp³-hybridized carbons (Fsp3) is 0.538. The molecule has 90 valence electrons. The third-order valence-electron chi connectivity index (χ3n) is 2.34. The number of ether oxygens (including phenoxy) is 1. The van der Waals surface area contributed by atoms with Gasteiger partial charge in [-0.3, -0.25) is 0 Å². The second-order valence-electron chi connectivity index (χ2n) is 4.15. The molecule has 0 atom stereocenters. The molecular formula is C13H22N2O.